The van der Waals surface area contributed by atoms with Gasteiger partial charge in [-0.25, -0.2) is 0 Å². The SMILES string of the molecule is CC(=O)c1cc2c3c(c1)c(=O)n(CCCC(=O)O)c(=O)c-3c/c(=C(\C)O)c2=N. The van der Waals surface area contributed by atoms with Crippen molar-refractivity contribution in [3.8, 4) is 11.1 Å². The Balaban J connectivity index is 2.51. The first-order valence-electron chi connectivity index (χ1n) is 8.61. The molecule has 1 aromatic carbocycles. The fourth-order valence-corrected chi connectivity index (χ4v) is 3.36. The molecule has 0 amide bonds. The van der Waals surface area contributed by atoms with Crippen molar-refractivity contribution in [2.75, 3.05) is 0 Å². The van der Waals surface area contributed by atoms with Crippen LogP contribution < -0.4 is 21.7 Å². The van der Waals surface area contributed by atoms with Gasteiger partial charge in [0.1, 0.15) is 0 Å². The number of pyridine rings is 1. The van der Waals surface area contributed by atoms with Gasteiger partial charge in [0, 0.05) is 45.6 Å². The number of hydrogen-bond donors (Lipinski definition) is 3. The Labute approximate surface area is 158 Å². The van der Waals surface area contributed by atoms with Crippen molar-refractivity contribution in [3.63, 3.8) is 0 Å². The number of rotatable bonds is 5. The van der Waals surface area contributed by atoms with Crippen molar-refractivity contribution < 1.29 is 19.8 Å². The molecule has 0 radical (unpaired) electrons. The summed E-state index contributed by atoms with van der Waals surface area (Å²) >= 11 is 0. The molecule has 1 aliphatic heterocycles. The number of aliphatic carboxylic acids is 1. The lowest BCUT2D eigenvalue weighted by molar-refractivity contribution is -0.137. The number of carboxylic acids is 1. The van der Waals surface area contributed by atoms with Crippen LogP contribution in [-0.4, -0.2) is 26.5 Å². The Morgan fingerprint density at radius 2 is 1.68 bits per heavy atom. The lowest BCUT2D eigenvalue weighted by Crippen LogP contribution is -2.38. The highest BCUT2D eigenvalue weighted by atomic mass is 16.4. The lowest BCUT2D eigenvalue weighted by Gasteiger charge is -2.16. The number of benzene rings is 2. The number of aliphatic hydroxyl groups excluding tert-OH is 1. The van der Waals surface area contributed by atoms with E-state index in [0.717, 1.165) is 4.57 Å². The summed E-state index contributed by atoms with van der Waals surface area (Å²) in [6.07, 6.45) is -0.112. The number of aliphatic hydroxyl groups is 1. The van der Waals surface area contributed by atoms with Crippen molar-refractivity contribution in [2.24, 2.45) is 0 Å². The van der Waals surface area contributed by atoms with Crippen molar-refractivity contribution in [1.82, 2.24) is 4.57 Å². The molecule has 0 saturated heterocycles. The standard InChI is InChI=1S/C20H18N2O6/c1-9(23)11-6-13-17-14(7-11)19(27)22(5-3-4-16(25)26)20(28)15(17)8-12(10(2)24)18(13)21/h6-8,21,24H,3-5H2,1-2H3,(H,25,26)/b12-10-,21-18?. The molecule has 144 valence electrons. The van der Waals surface area contributed by atoms with Gasteiger partial charge < -0.3 is 10.2 Å². The molecule has 0 atom stereocenters. The molecule has 3 N–H and O–H groups in total. The van der Waals surface area contributed by atoms with Crippen LogP contribution in [-0.2, 0) is 11.3 Å². The number of carboxylic acid groups (broad SMARTS) is 1. The van der Waals surface area contributed by atoms with Crippen molar-refractivity contribution in [2.45, 2.75) is 33.2 Å². The first-order valence-corrected chi connectivity index (χ1v) is 8.61. The van der Waals surface area contributed by atoms with Crippen LogP contribution in [0.25, 0.3) is 27.7 Å². The summed E-state index contributed by atoms with van der Waals surface area (Å²) < 4.78 is 0.948. The zero-order chi connectivity index (χ0) is 20.7. The largest absolute Gasteiger partial charge is 0.512 e. The minimum Gasteiger partial charge on any atom is -0.512 e. The fourth-order valence-electron chi connectivity index (χ4n) is 3.36. The number of aromatic nitrogens is 1. The minimum atomic E-state index is -1.04. The van der Waals surface area contributed by atoms with E-state index >= 15 is 0 Å². The number of ketones is 1. The third-order valence-electron chi connectivity index (χ3n) is 4.75. The molecule has 28 heavy (non-hydrogen) atoms. The molecule has 0 unspecified atom stereocenters. The Kier molecular flexibility index (Phi) is 4.72. The molecule has 0 fully saturated rings. The highest BCUT2D eigenvalue weighted by Crippen LogP contribution is 2.26. The van der Waals surface area contributed by atoms with Crippen molar-refractivity contribution >= 4 is 28.3 Å². The van der Waals surface area contributed by atoms with Crippen LogP contribution in [0.2, 0.25) is 0 Å². The van der Waals surface area contributed by atoms with E-state index in [9.17, 15) is 24.3 Å². The summed E-state index contributed by atoms with van der Waals surface area (Å²) in [6, 6.07) is 4.19. The normalized spacial score (nSPS) is 12.5. The molecule has 1 heterocycles. The number of carbonyl (C=O) groups excluding carboxylic acids is 1. The second-order valence-corrected chi connectivity index (χ2v) is 6.69. The summed E-state index contributed by atoms with van der Waals surface area (Å²) in [7, 11) is 0. The van der Waals surface area contributed by atoms with E-state index in [1.165, 1.54) is 32.0 Å². The zero-order valence-electron chi connectivity index (χ0n) is 15.3. The average molecular weight is 382 g/mol. The number of Topliss-reactive ketones (excluding diaryl/α,β-unsaturated/α-hetero) is 1. The van der Waals surface area contributed by atoms with Crippen LogP contribution in [0, 0.1) is 5.41 Å². The van der Waals surface area contributed by atoms with Gasteiger partial charge >= 0.3 is 5.97 Å². The first-order chi connectivity index (χ1) is 13.1. The molecular formula is C20H18N2O6. The van der Waals surface area contributed by atoms with Gasteiger partial charge in [-0.1, -0.05) is 0 Å². The molecule has 1 aromatic rings. The second-order valence-electron chi connectivity index (χ2n) is 6.69. The molecule has 0 saturated carbocycles. The van der Waals surface area contributed by atoms with Crippen LogP contribution in [0.4, 0.5) is 0 Å². The van der Waals surface area contributed by atoms with Gasteiger partial charge in [0.05, 0.1) is 11.1 Å². The molecule has 8 nitrogen and oxygen atoms in total. The monoisotopic (exact) mass is 382 g/mol. The van der Waals surface area contributed by atoms with E-state index in [4.69, 9.17) is 10.5 Å². The topological polar surface area (TPSA) is 138 Å². The predicted octanol–water partition coefficient (Wildman–Crippen LogP) is 0.856. The predicted molar refractivity (Wildman–Crippen MR) is 102 cm³/mol. The Hall–Kier alpha value is -3.55. The number of hydrogen-bond acceptors (Lipinski definition) is 6. The number of carbonyl (C=O) groups is 2. The van der Waals surface area contributed by atoms with Crippen molar-refractivity contribution in [3.05, 3.63) is 55.0 Å². The van der Waals surface area contributed by atoms with Crippen LogP contribution >= 0.6 is 0 Å². The number of nitrogens with one attached hydrogen (secondary N) is 1. The third kappa shape index (κ3) is 3.02. The van der Waals surface area contributed by atoms with E-state index in [1.54, 1.807) is 0 Å². The second kappa shape index (κ2) is 6.88. The first kappa shape index (κ1) is 19.2. The van der Waals surface area contributed by atoms with Gasteiger partial charge in [-0.05, 0) is 38.5 Å². The van der Waals surface area contributed by atoms with Crippen LogP contribution in [0.1, 0.15) is 37.0 Å². The maximum atomic E-state index is 12.9. The average Bonchev–Trinajstić information content (AvgIpc) is 2.62. The quantitative estimate of drug-likeness (QED) is 0.560. The van der Waals surface area contributed by atoms with E-state index in [-0.39, 0.29) is 69.0 Å². The molecule has 0 spiro atoms. The molecule has 8 heteroatoms. The third-order valence-corrected chi connectivity index (χ3v) is 4.75. The molecular weight excluding hydrogens is 364 g/mol. The maximum absolute atomic E-state index is 12.9. The van der Waals surface area contributed by atoms with Gasteiger partial charge in [-0.2, -0.15) is 0 Å². The van der Waals surface area contributed by atoms with E-state index in [0.29, 0.717) is 0 Å². The highest BCUT2D eigenvalue weighted by Gasteiger charge is 2.22. The minimum absolute atomic E-state index is 0.0805. The summed E-state index contributed by atoms with van der Waals surface area (Å²) in [5, 5.41) is 27.5. The maximum Gasteiger partial charge on any atom is 0.303 e. The molecule has 1 aliphatic carbocycles. The van der Waals surface area contributed by atoms with Crippen LogP contribution in [0.15, 0.2) is 27.8 Å². The highest BCUT2D eigenvalue weighted by molar-refractivity contribution is 6.04. The Bertz CT molecular complexity index is 1320. The fraction of sp³-hybridized carbons (Fsp3) is 0.250. The van der Waals surface area contributed by atoms with Crippen LogP contribution in [0.5, 0.6) is 0 Å². The summed E-state index contributed by atoms with van der Waals surface area (Å²) in [5.74, 6) is -1.51. The Morgan fingerprint density at radius 3 is 2.25 bits per heavy atom. The number of nitrogens with zero attached hydrogens (tertiary/aromatic N) is 1. The smallest absolute Gasteiger partial charge is 0.303 e. The zero-order valence-corrected chi connectivity index (χ0v) is 15.3. The van der Waals surface area contributed by atoms with E-state index < -0.39 is 17.1 Å². The Morgan fingerprint density at radius 1 is 1.04 bits per heavy atom. The van der Waals surface area contributed by atoms with Crippen LogP contribution in [0.3, 0.4) is 0 Å². The van der Waals surface area contributed by atoms with Gasteiger partial charge in [0.2, 0.25) is 0 Å². The summed E-state index contributed by atoms with van der Waals surface area (Å²) in [5.41, 5.74) is -0.638. The van der Waals surface area contributed by atoms with Crippen molar-refractivity contribution in [1.29, 1.82) is 5.41 Å². The van der Waals surface area contributed by atoms with Gasteiger partial charge in [0.15, 0.2) is 5.78 Å². The lowest BCUT2D eigenvalue weighted by atomic mass is 9.91. The van der Waals surface area contributed by atoms with Gasteiger partial charge in [-0.3, -0.25) is 29.2 Å². The molecule has 2 aliphatic rings. The molecule has 3 rings (SSSR count). The van der Waals surface area contributed by atoms with E-state index in [1.807, 2.05) is 0 Å². The van der Waals surface area contributed by atoms with E-state index in [2.05, 4.69) is 0 Å². The summed E-state index contributed by atoms with van der Waals surface area (Å²) in [6.45, 7) is 2.62. The van der Waals surface area contributed by atoms with Gasteiger partial charge in [-0.15, -0.1) is 0 Å². The molecule has 0 bridgehead atoms. The molecule has 0 aromatic heterocycles. The summed E-state index contributed by atoms with van der Waals surface area (Å²) in [4.78, 5) is 48.5. The van der Waals surface area contributed by atoms with Gasteiger partial charge in [0.25, 0.3) is 11.1 Å².